The van der Waals surface area contributed by atoms with Crippen LogP contribution in [0.4, 0.5) is 5.82 Å². The molecule has 0 amide bonds. The molecule has 10 nitrogen and oxygen atoms in total. The van der Waals surface area contributed by atoms with E-state index in [0.717, 1.165) is 53.1 Å². The van der Waals surface area contributed by atoms with Gasteiger partial charge in [0.2, 0.25) is 6.79 Å². The third-order valence-corrected chi connectivity index (χ3v) is 6.51. The lowest BCUT2D eigenvalue weighted by Crippen LogP contribution is -2.19. The number of pyridine rings is 2. The van der Waals surface area contributed by atoms with Crippen LogP contribution in [0.5, 0.6) is 17.4 Å². The topological polar surface area (TPSA) is 124 Å². The molecule has 186 valence electrons. The number of benzene rings is 1. The summed E-state index contributed by atoms with van der Waals surface area (Å²) in [5, 5.41) is 28.3. The Labute approximate surface area is 207 Å². The summed E-state index contributed by atoms with van der Waals surface area (Å²) in [7, 11) is 0. The quantitative estimate of drug-likeness (QED) is 0.321. The Kier molecular flexibility index (Phi) is 6.04. The van der Waals surface area contributed by atoms with Crippen LogP contribution in [0.15, 0.2) is 48.8 Å². The highest BCUT2D eigenvalue weighted by Crippen LogP contribution is 2.35. The van der Waals surface area contributed by atoms with Crippen molar-refractivity contribution in [3.05, 3.63) is 65.6 Å². The fourth-order valence-corrected chi connectivity index (χ4v) is 4.72. The monoisotopic (exact) mass is 489 g/mol. The maximum Gasteiger partial charge on any atom is 0.260 e. The van der Waals surface area contributed by atoms with E-state index in [-0.39, 0.29) is 13.2 Å². The molecule has 0 saturated heterocycles. The molecule has 1 aromatic carbocycles. The number of fused-ring (bicyclic) bond motifs is 3. The molecule has 0 radical (unpaired) electrons. The van der Waals surface area contributed by atoms with Crippen LogP contribution in [0, 0.1) is 0 Å². The minimum absolute atomic E-state index is 0.0407. The van der Waals surface area contributed by atoms with Crippen LogP contribution in [0.3, 0.4) is 0 Å². The minimum Gasteiger partial charge on any atom is -0.493 e. The zero-order valence-corrected chi connectivity index (χ0v) is 19.6. The van der Waals surface area contributed by atoms with Crippen molar-refractivity contribution >= 4 is 16.7 Å². The second kappa shape index (κ2) is 9.63. The molecule has 0 spiro atoms. The van der Waals surface area contributed by atoms with Crippen LogP contribution in [-0.2, 0) is 12.8 Å². The van der Waals surface area contributed by atoms with E-state index in [0.29, 0.717) is 24.7 Å². The second-order valence-corrected chi connectivity index (χ2v) is 8.96. The Morgan fingerprint density at radius 3 is 2.97 bits per heavy atom. The molecule has 4 aromatic rings. The highest BCUT2D eigenvalue weighted by molar-refractivity contribution is 5.80. The van der Waals surface area contributed by atoms with Gasteiger partial charge in [0.05, 0.1) is 24.4 Å². The molecular formula is C26H27N5O5. The van der Waals surface area contributed by atoms with Gasteiger partial charge in [-0.15, -0.1) is 0 Å². The molecule has 3 N–H and O–H groups in total. The first kappa shape index (κ1) is 22.6. The normalized spacial score (nSPS) is 15.1. The van der Waals surface area contributed by atoms with Gasteiger partial charge in [0, 0.05) is 36.7 Å². The zero-order valence-electron chi connectivity index (χ0n) is 19.6. The SMILES string of the molecule is OC(O)CC(c1cnc2c(c1)OCO2)n1ncc2cc(OCCc3ccc4c(n3)NCCC4)ccc21. The molecule has 2 aliphatic rings. The summed E-state index contributed by atoms with van der Waals surface area (Å²) in [5.74, 6) is 2.69. The number of hydrogen-bond acceptors (Lipinski definition) is 9. The lowest BCUT2D eigenvalue weighted by atomic mass is 10.0. The first-order valence-corrected chi connectivity index (χ1v) is 12.1. The van der Waals surface area contributed by atoms with E-state index in [1.54, 1.807) is 23.1 Å². The van der Waals surface area contributed by atoms with Crippen molar-refractivity contribution < 1.29 is 24.4 Å². The molecule has 0 aliphatic carbocycles. The number of hydrogen-bond donors (Lipinski definition) is 3. The summed E-state index contributed by atoms with van der Waals surface area (Å²) in [6.45, 7) is 1.59. The molecule has 1 unspecified atom stereocenters. The van der Waals surface area contributed by atoms with E-state index in [4.69, 9.17) is 19.2 Å². The van der Waals surface area contributed by atoms with Gasteiger partial charge < -0.3 is 29.7 Å². The Balaban J connectivity index is 1.18. The molecule has 5 heterocycles. The van der Waals surface area contributed by atoms with E-state index in [1.165, 1.54) is 5.56 Å². The number of aryl methyl sites for hydroxylation is 1. The maximum absolute atomic E-state index is 9.76. The van der Waals surface area contributed by atoms with Crippen LogP contribution < -0.4 is 19.5 Å². The van der Waals surface area contributed by atoms with Gasteiger partial charge in [-0.05, 0) is 54.3 Å². The molecule has 0 saturated carbocycles. The van der Waals surface area contributed by atoms with Crippen molar-refractivity contribution in [2.24, 2.45) is 0 Å². The van der Waals surface area contributed by atoms with Crippen molar-refractivity contribution in [3.8, 4) is 17.4 Å². The molecular weight excluding hydrogens is 462 g/mol. The summed E-state index contributed by atoms with van der Waals surface area (Å²) >= 11 is 0. The van der Waals surface area contributed by atoms with E-state index >= 15 is 0 Å². The molecule has 1 atom stereocenters. The van der Waals surface area contributed by atoms with Crippen LogP contribution in [0.1, 0.15) is 35.7 Å². The third-order valence-electron chi connectivity index (χ3n) is 6.51. The van der Waals surface area contributed by atoms with Crippen LogP contribution in [-0.4, -0.2) is 56.2 Å². The number of aliphatic hydroxyl groups excluding tert-OH is 1. The Hall–Kier alpha value is -3.89. The maximum atomic E-state index is 9.76. The largest absolute Gasteiger partial charge is 0.493 e. The van der Waals surface area contributed by atoms with Gasteiger partial charge in [-0.25, -0.2) is 9.97 Å². The Morgan fingerprint density at radius 1 is 1.11 bits per heavy atom. The molecule has 2 aliphatic heterocycles. The van der Waals surface area contributed by atoms with E-state index in [2.05, 4.69) is 27.5 Å². The van der Waals surface area contributed by atoms with E-state index in [1.807, 2.05) is 18.2 Å². The smallest absolute Gasteiger partial charge is 0.260 e. The number of aliphatic hydroxyl groups is 2. The lowest BCUT2D eigenvalue weighted by molar-refractivity contribution is -0.0520. The standard InChI is InChI=1S/C26H27N5O5/c32-24(33)12-22(18-11-23-26(28-13-18)36-15-35-23)31-21-6-5-20(10-17(21)14-29-31)34-9-7-19-4-3-16-2-1-8-27-25(16)30-19/h3-6,10-11,13-14,22,24,32-33H,1-2,7-9,12,15H2,(H,27,30). The van der Waals surface area contributed by atoms with Crippen LogP contribution in [0.2, 0.25) is 0 Å². The minimum atomic E-state index is -1.52. The highest BCUT2D eigenvalue weighted by atomic mass is 16.7. The summed E-state index contributed by atoms with van der Waals surface area (Å²) in [5.41, 5.74) is 3.86. The number of nitrogens with zero attached hydrogens (tertiary/aromatic N) is 4. The number of ether oxygens (including phenoxy) is 3. The molecule has 0 fully saturated rings. The van der Waals surface area contributed by atoms with Crippen molar-refractivity contribution in [1.29, 1.82) is 0 Å². The molecule has 6 rings (SSSR count). The van der Waals surface area contributed by atoms with Gasteiger partial charge in [-0.2, -0.15) is 5.10 Å². The average molecular weight is 490 g/mol. The van der Waals surface area contributed by atoms with Crippen molar-refractivity contribution in [2.75, 3.05) is 25.3 Å². The van der Waals surface area contributed by atoms with Gasteiger partial charge in [-0.1, -0.05) is 6.07 Å². The number of anilines is 1. The van der Waals surface area contributed by atoms with Gasteiger partial charge >= 0.3 is 0 Å². The van der Waals surface area contributed by atoms with Crippen molar-refractivity contribution in [1.82, 2.24) is 19.7 Å². The molecule has 0 bridgehead atoms. The van der Waals surface area contributed by atoms with Crippen LogP contribution in [0.25, 0.3) is 10.9 Å². The van der Waals surface area contributed by atoms with E-state index < -0.39 is 12.3 Å². The number of nitrogens with one attached hydrogen (secondary N) is 1. The molecule has 3 aromatic heterocycles. The summed E-state index contributed by atoms with van der Waals surface area (Å²) < 4.78 is 18.5. The van der Waals surface area contributed by atoms with Crippen molar-refractivity contribution in [3.63, 3.8) is 0 Å². The Bertz CT molecular complexity index is 1390. The van der Waals surface area contributed by atoms with Crippen LogP contribution >= 0.6 is 0 Å². The Morgan fingerprint density at radius 2 is 2.06 bits per heavy atom. The second-order valence-electron chi connectivity index (χ2n) is 8.96. The molecule has 36 heavy (non-hydrogen) atoms. The third kappa shape index (κ3) is 4.52. The lowest BCUT2D eigenvalue weighted by Gasteiger charge is -2.20. The van der Waals surface area contributed by atoms with E-state index in [9.17, 15) is 10.2 Å². The first-order valence-electron chi connectivity index (χ1n) is 12.1. The molecule has 10 heteroatoms. The fraction of sp³-hybridized carbons (Fsp3) is 0.346. The number of aromatic nitrogens is 4. The average Bonchev–Trinajstić information content (AvgIpc) is 3.53. The highest BCUT2D eigenvalue weighted by Gasteiger charge is 2.24. The van der Waals surface area contributed by atoms with Gasteiger partial charge in [-0.3, -0.25) is 4.68 Å². The predicted octanol–water partition coefficient (Wildman–Crippen LogP) is 2.82. The fourth-order valence-electron chi connectivity index (χ4n) is 4.72. The summed E-state index contributed by atoms with van der Waals surface area (Å²) in [6.07, 6.45) is 4.84. The summed E-state index contributed by atoms with van der Waals surface area (Å²) in [6, 6.07) is 11.3. The van der Waals surface area contributed by atoms with Gasteiger partial charge in [0.1, 0.15) is 11.6 Å². The van der Waals surface area contributed by atoms with Crippen molar-refractivity contribution in [2.45, 2.75) is 38.0 Å². The number of rotatable bonds is 8. The van der Waals surface area contributed by atoms with Gasteiger partial charge in [0.25, 0.3) is 5.88 Å². The summed E-state index contributed by atoms with van der Waals surface area (Å²) in [4.78, 5) is 9.02. The zero-order chi connectivity index (χ0) is 24.5. The van der Waals surface area contributed by atoms with Gasteiger partial charge in [0.15, 0.2) is 12.0 Å². The first-order chi connectivity index (χ1) is 17.6. The predicted molar refractivity (Wildman–Crippen MR) is 131 cm³/mol.